The summed E-state index contributed by atoms with van der Waals surface area (Å²) in [5.41, 5.74) is 3.12. The Morgan fingerprint density at radius 1 is 1.21 bits per heavy atom. The fourth-order valence-corrected chi connectivity index (χ4v) is 1.36. The van der Waals surface area contributed by atoms with E-state index in [4.69, 9.17) is 11.6 Å². The zero-order valence-corrected chi connectivity index (χ0v) is 13.3. The van der Waals surface area contributed by atoms with E-state index in [0.717, 1.165) is 21.9 Å². The maximum atomic E-state index is 13.2. The van der Waals surface area contributed by atoms with Crippen molar-refractivity contribution in [1.29, 1.82) is 0 Å². The summed E-state index contributed by atoms with van der Waals surface area (Å²) in [6.45, 7) is 9.69. The monoisotopic (exact) mass is 285 g/mol. The van der Waals surface area contributed by atoms with Crippen LogP contribution < -0.4 is 5.32 Å². The smallest absolute Gasteiger partial charge is 0.104 e. The van der Waals surface area contributed by atoms with Gasteiger partial charge in [0.1, 0.15) is 6.17 Å². The summed E-state index contributed by atoms with van der Waals surface area (Å²) in [5, 5.41) is 3.88. The highest BCUT2D eigenvalue weighted by atomic mass is 35.5. The summed E-state index contributed by atoms with van der Waals surface area (Å²) in [6, 6.07) is 0. The van der Waals surface area contributed by atoms with Crippen LogP contribution in [-0.2, 0) is 0 Å². The Balaban J connectivity index is 4.33. The first kappa shape index (κ1) is 18.0. The molecule has 1 unspecified atom stereocenters. The van der Waals surface area contributed by atoms with E-state index < -0.39 is 6.17 Å². The van der Waals surface area contributed by atoms with Crippen molar-refractivity contribution in [3.63, 3.8) is 0 Å². The lowest BCUT2D eigenvalue weighted by atomic mass is 10.1. The van der Waals surface area contributed by atoms with Crippen LogP contribution in [0.3, 0.4) is 0 Å². The summed E-state index contributed by atoms with van der Waals surface area (Å²) in [6.07, 6.45) is 7.70. The molecule has 108 valence electrons. The van der Waals surface area contributed by atoms with E-state index >= 15 is 0 Å². The van der Waals surface area contributed by atoms with Crippen molar-refractivity contribution in [2.45, 2.75) is 53.6 Å². The lowest BCUT2D eigenvalue weighted by Crippen LogP contribution is -2.07. The lowest BCUT2D eigenvalue weighted by molar-refractivity contribution is 0.321. The molecule has 0 spiro atoms. The molecule has 19 heavy (non-hydrogen) atoms. The highest BCUT2D eigenvalue weighted by Gasteiger charge is 2.05. The van der Waals surface area contributed by atoms with Crippen molar-refractivity contribution in [2.75, 3.05) is 0 Å². The molecule has 0 bridgehead atoms. The number of hydrogen-bond acceptors (Lipinski definition) is 1. The van der Waals surface area contributed by atoms with E-state index in [1.165, 1.54) is 0 Å². The second kappa shape index (κ2) is 9.85. The second-order valence-electron chi connectivity index (χ2n) is 4.83. The van der Waals surface area contributed by atoms with Crippen LogP contribution in [0, 0.1) is 0 Å². The Morgan fingerprint density at radius 2 is 1.84 bits per heavy atom. The van der Waals surface area contributed by atoms with Gasteiger partial charge in [0.15, 0.2) is 0 Å². The van der Waals surface area contributed by atoms with Crippen molar-refractivity contribution < 1.29 is 4.39 Å². The Morgan fingerprint density at radius 3 is 2.37 bits per heavy atom. The number of alkyl halides is 1. The van der Waals surface area contributed by atoms with Crippen molar-refractivity contribution in [2.24, 2.45) is 0 Å². The minimum Gasteiger partial charge on any atom is -0.365 e. The fourth-order valence-electron chi connectivity index (χ4n) is 1.29. The third kappa shape index (κ3) is 8.66. The van der Waals surface area contributed by atoms with E-state index in [1.807, 2.05) is 59.0 Å². The van der Waals surface area contributed by atoms with Gasteiger partial charge in [-0.15, -0.1) is 0 Å². The summed E-state index contributed by atoms with van der Waals surface area (Å²) in [4.78, 5) is 0. The van der Waals surface area contributed by atoms with Crippen molar-refractivity contribution in [3.8, 4) is 0 Å². The van der Waals surface area contributed by atoms with Crippen LogP contribution in [0.15, 0.2) is 46.3 Å². The molecule has 0 aromatic carbocycles. The molecular weight excluding hydrogens is 261 g/mol. The predicted octanol–water partition coefficient (Wildman–Crippen LogP) is 5.61. The molecule has 0 radical (unpaired) electrons. The molecule has 0 rings (SSSR count). The van der Waals surface area contributed by atoms with Gasteiger partial charge in [0.25, 0.3) is 0 Å². The van der Waals surface area contributed by atoms with Crippen LogP contribution in [0.5, 0.6) is 0 Å². The van der Waals surface area contributed by atoms with Gasteiger partial charge >= 0.3 is 0 Å². The molecule has 1 N–H and O–H groups in total. The normalized spacial score (nSPS) is 14.7. The quantitative estimate of drug-likeness (QED) is 0.599. The van der Waals surface area contributed by atoms with Crippen LogP contribution in [0.1, 0.15) is 47.5 Å². The summed E-state index contributed by atoms with van der Waals surface area (Å²) in [7, 11) is 0. The number of allylic oxidation sites excluding steroid dienone is 7. The molecule has 0 aromatic heterocycles. The van der Waals surface area contributed by atoms with Gasteiger partial charge in [0.2, 0.25) is 0 Å². The Hall–Kier alpha value is -1.02. The van der Waals surface area contributed by atoms with E-state index in [9.17, 15) is 4.39 Å². The first-order chi connectivity index (χ1) is 8.88. The van der Waals surface area contributed by atoms with E-state index in [1.54, 1.807) is 0 Å². The van der Waals surface area contributed by atoms with E-state index in [2.05, 4.69) is 5.32 Å². The van der Waals surface area contributed by atoms with E-state index in [-0.39, 0.29) is 0 Å². The maximum absolute atomic E-state index is 13.2. The van der Waals surface area contributed by atoms with Gasteiger partial charge in [-0.2, -0.15) is 0 Å². The molecule has 0 aromatic rings. The molecule has 0 aliphatic heterocycles. The van der Waals surface area contributed by atoms with Crippen molar-refractivity contribution >= 4 is 11.6 Å². The minimum atomic E-state index is -0.753. The van der Waals surface area contributed by atoms with Gasteiger partial charge in [-0.25, -0.2) is 4.39 Å². The van der Waals surface area contributed by atoms with Gasteiger partial charge in [-0.1, -0.05) is 35.7 Å². The SMILES string of the molecule is CCC(F)C/C(C)=C(/C)N/C=C/C=C\C(Cl)=C(C)C. The number of hydrogen-bond donors (Lipinski definition) is 1. The van der Waals surface area contributed by atoms with Gasteiger partial charge < -0.3 is 5.32 Å². The molecule has 0 aliphatic rings. The highest BCUT2D eigenvalue weighted by Crippen LogP contribution is 2.13. The number of rotatable bonds is 7. The zero-order chi connectivity index (χ0) is 14.8. The predicted molar refractivity (Wildman–Crippen MR) is 83.8 cm³/mol. The van der Waals surface area contributed by atoms with Gasteiger partial charge in [-0.3, -0.25) is 0 Å². The molecule has 1 atom stereocenters. The number of nitrogens with one attached hydrogen (secondary N) is 1. The van der Waals surface area contributed by atoms with Gasteiger partial charge in [-0.05, 0) is 46.3 Å². The van der Waals surface area contributed by atoms with Crippen LogP contribution >= 0.6 is 11.6 Å². The first-order valence-electron chi connectivity index (χ1n) is 6.61. The first-order valence-corrected chi connectivity index (χ1v) is 6.99. The number of halogens is 2. The summed E-state index contributed by atoms with van der Waals surface area (Å²) in [5.74, 6) is 0. The van der Waals surface area contributed by atoms with Gasteiger partial charge in [0, 0.05) is 23.4 Å². The Bertz CT molecular complexity index is 388. The summed E-state index contributed by atoms with van der Waals surface area (Å²) < 4.78 is 13.2. The second-order valence-corrected chi connectivity index (χ2v) is 5.23. The lowest BCUT2D eigenvalue weighted by Gasteiger charge is -2.09. The minimum absolute atomic E-state index is 0.489. The van der Waals surface area contributed by atoms with Crippen molar-refractivity contribution in [3.05, 3.63) is 46.3 Å². The molecule has 0 heterocycles. The third-order valence-corrected chi connectivity index (χ3v) is 3.34. The standard InChI is InChI=1S/C16H25ClFN/c1-6-15(18)11-13(4)14(5)19-10-8-7-9-16(17)12(2)3/h7-10,15,19H,6,11H2,1-5H3/b9-7-,10-8+,14-13-. The van der Waals surface area contributed by atoms with Crippen molar-refractivity contribution in [1.82, 2.24) is 5.32 Å². The van der Waals surface area contributed by atoms with Crippen LogP contribution in [0.4, 0.5) is 4.39 Å². The fraction of sp³-hybridized carbons (Fsp3) is 0.500. The Kier molecular flexibility index (Phi) is 9.32. The van der Waals surface area contributed by atoms with Crippen LogP contribution in [0.25, 0.3) is 0 Å². The topological polar surface area (TPSA) is 12.0 Å². The molecule has 0 aliphatic carbocycles. The van der Waals surface area contributed by atoms with E-state index in [0.29, 0.717) is 12.8 Å². The maximum Gasteiger partial charge on any atom is 0.104 e. The molecule has 1 nitrogen and oxygen atoms in total. The highest BCUT2D eigenvalue weighted by molar-refractivity contribution is 6.31. The molecular formula is C16H25ClFN. The van der Waals surface area contributed by atoms with Gasteiger partial charge in [0.05, 0.1) is 0 Å². The third-order valence-electron chi connectivity index (χ3n) is 2.84. The molecule has 0 saturated carbocycles. The largest absolute Gasteiger partial charge is 0.365 e. The Labute approximate surface area is 121 Å². The van der Waals surface area contributed by atoms with Crippen LogP contribution in [0.2, 0.25) is 0 Å². The molecule has 0 amide bonds. The molecule has 3 heteroatoms. The average molecular weight is 286 g/mol. The molecule has 0 fully saturated rings. The molecule has 0 saturated heterocycles. The van der Waals surface area contributed by atoms with Crippen LogP contribution in [-0.4, -0.2) is 6.17 Å². The summed E-state index contributed by atoms with van der Waals surface area (Å²) >= 11 is 5.97. The zero-order valence-electron chi connectivity index (χ0n) is 12.6. The average Bonchev–Trinajstić information content (AvgIpc) is 2.37.